The number of amides is 1. The quantitative estimate of drug-likeness (QED) is 0.648. The molecule has 0 radical (unpaired) electrons. The zero-order valence-electron chi connectivity index (χ0n) is 15.3. The summed E-state index contributed by atoms with van der Waals surface area (Å²) in [6.45, 7) is 3.02. The lowest BCUT2D eigenvalue weighted by Gasteiger charge is -2.12. The van der Waals surface area contributed by atoms with Gasteiger partial charge in [-0.1, -0.05) is 11.3 Å². The van der Waals surface area contributed by atoms with Gasteiger partial charge < -0.3 is 10.3 Å². The molecule has 0 spiro atoms. The van der Waals surface area contributed by atoms with Crippen molar-refractivity contribution >= 4 is 5.91 Å². The Labute approximate surface area is 161 Å². The number of carbonyl (C=O) groups excluding carboxylic acids is 1. The van der Waals surface area contributed by atoms with Crippen molar-refractivity contribution in [2.75, 3.05) is 0 Å². The van der Waals surface area contributed by atoms with Gasteiger partial charge in [-0.2, -0.15) is 13.2 Å². The SMILES string of the molecule is Cc1cc(C)c(CNC(=O)c2nnn(-c3cccc(F)c3)c2C(F)(F)F)c(=O)[nH]1. The summed E-state index contributed by atoms with van der Waals surface area (Å²) in [6, 6.07) is 5.97. The van der Waals surface area contributed by atoms with Crippen LogP contribution < -0.4 is 10.9 Å². The van der Waals surface area contributed by atoms with Crippen LogP contribution in [-0.4, -0.2) is 25.9 Å². The van der Waals surface area contributed by atoms with E-state index in [4.69, 9.17) is 0 Å². The van der Waals surface area contributed by atoms with Crippen molar-refractivity contribution in [2.24, 2.45) is 0 Å². The number of pyridine rings is 1. The first-order valence-electron chi connectivity index (χ1n) is 8.34. The fourth-order valence-electron chi connectivity index (χ4n) is 2.83. The summed E-state index contributed by atoms with van der Waals surface area (Å²) in [6.07, 6.45) is -4.99. The van der Waals surface area contributed by atoms with Crippen molar-refractivity contribution < 1.29 is 22.4 Å². The zero-order chi connectivity index (χ0) is 21.3. The first kappa shape index (κ1) is 20.2. The summed E-state index contributed by atoms with van der Waals surface area (Å²) in [5.74, 6) is -1.94. The van der Waals surface area contributed by atoms with Crippen LogP contribution in [0.5, 0.6) is 0 Å². The molecule has 1 amide bonds. The number of rotatable bonds is 4. The van der Waals surface area contributed by atoms with E-state index < -0.39 is 34.8 Å². The fraction of sp³-hybridized carbons (Fsp3) is 0.222. The maximum absolute atomic E-state index is 13.6. The first-order chi connectivity index (χ1) is 13.6. The zero-order valence-corrected chi connectivity index (χ0v) is 15.3. The van der Waals surface area contributed by atoms with Crippen molar-refractivity contribution in [3.8, 4) is 5.69 Å². The predicted octanol–water partition coefficient (Wildman–Crippen LogP) is 2.66. The van der Waals surface area contributed by atoms with Crippen LogP contribution in [-0.2, 0) is 12.7 Å². The van der Waals surface area contributed by atoms with Gasteiger partial charge >= 0.3 is 6.18 Å². The Kier molecular flexibility index (Phi) is 5.23. The van der Waals surface area contributed by atoms with Crippen LogP contribution in [0.25, 0.3) is 5.69 Å². The summed E-state index contributed by atoms with van der Waals surface area (Å²) in [5, 5.41) is 8.96. The molecule has 0 saturated heterocycles. The molecule has 0 aliphatic carbocycles. The molecule has 2 aromatic heterocycles. The van der Waals surface area contributed by atoms with Gasteiger partial charge in [-0.15, -0.1) is 5.10 Å². The Morgan fingerprint density at radius 3 is 2.59 bits per heavy atom. The third kappa shape index (κ3) is 4.18. The second kappa shape index (κ2) is 7.49. The highest BCUT2D eigenvalue weighted by molar-refractivity contribution is 5.93. The van der Waals surface area contributed by atoms with Crippen LogP contribution in [0.2, 0.25) is 0 Å². The summed E-state index contributed by atoms with van der Waals surface area (Å²) < 4.78 is 54.5. The molecule has 0 atom stereocenters. The molecular weight excluding hydrogens is 394 g/mol. The second-order valence-corrected chi connectivity index (χ2v) is 6.30. The molecule has 0 unspecified atom stereocenters. The first-order valence-corrected chi connectivity index (χ1v) is 8.34. The highest BCUT2D eigenvalue weighted by Gasteiger charge is 2.42. The van der Waals surface area contributed by atoms with Gasteiger partial charge in [-0.3, -0.25) is 9.59 Å². The molecule has 2 heterocycles. The Bertz CT molecular complexity index is 1130. The molecule has 0 fully saturated rings. The van der Waals surface area contributed by atoms with Crippen molar-refractivity contribution in [2.45, 2.75) is 26.6 Å². The number of benzene rings is 1. The number of halogens is 4. The van der Waals surface area contributed by atoms with Crippen LogP contribution >= 0.6 is 0 Å². The fourth-order valence-corrected chi connectivity index (χ4v) is 2.83. The number of alkyl halides is 3. The van der Waals surface area contributed by atoms with E-state index in [1.54, 1.807) is 19.9 Å². The number of H-pyrrole nitrogens is 1. The molecule has 11 heteroatoms. The molecule has 3 aromatic rings. The van der Waals surface area contributed by atoms with Gasteiger partial charge in [0.2, 0.25) is 0 Å². The normalized spacial score (nSPS) is 11.5. The van der Waals surface area contributed by atoms with E-state index in [2.05, 4.69) is 20.6 Å². The summed E-state index contributed by atoms with van der Waals surface area (Å²) in [5.41, 5.74) is -1.74. The topological polar surface area (TPSA) is 92.7 Å². The third-order valence-corrected chi connectivity index (χ3v) is 4.13. The largest absolute Gasteiger partial charge is 0.435 e. The summed E-state index contributed by atoms with van der Waals surface area (Å²) in [7, 11) is 0. The number of nitrogens with zero attached hydrogens (tertiary/aromatic N) is 3. The molecular formula is C18H15F4N5O2. The number of aromatic amines is 1. The molecule has 2 N–H and O–H groups in total. The molecule has 0 bridgehead atoms. The van der Waals surface area contributed by atoms with Crippen LogP contribution in [0.1, 0.15) is 33.0 Å². The average molecular weight is 409 g/mol. The lowest BCUT2D eigenvalue weighted by molar-refractivity contribution is -0.143. The van der Waals surface area contributed by atoms with Crippen molar-refractivity contribution in [1.29, 1.82) is 0 Å². The van der Waals surface area contributed by atoms with E-state index in [1.807, 2.05) is 0 Å². The van der Waals surface area contributed by atoms with E-state index in [-0.39, 0.29) is 17.8 Å². The Morgan fingerprint density at radius 1 is 1.24 bits per heavy atom. The number of nitrogens with one attached hydrogen (secondary N) is 2. The van der Waals surface area contributed by atoms with Gasteiger partial charge in [0.1, 0.15) is 5.82 Å². The minimum atomic E-state index is -4.99. The van der Waals surface area contributed by atoms with Crippen LogP contribution in [0.15, 0.2) is 35.1 Å². The Hall–Kier alpha value is -3.50. The van der Waals surface area contributed by atoms with E-state index >= 15 is 0 Å². The Morgan fingerprint density at radius 2 is 1.97 bits per heavy atom. The number of hydrogen-bond donors (Lipinski definition) is 2. The number of aromatic nitrogens is 4. The number of aryl methyl sites for hydroxylation is 2. The van der Waals surface area contributed by atoms with Gasteiger partial charge in [0.05, 0.1) is 5.69 Å². The molecule has 1 aromatic carbocycles. The van der Waals surface area contributed by atoms with Crippen molar-refractivity contribution in [3.05, 3.63) is 74.7 Å². The second-order valence-electron chi connectivity index (χ2n) is 6.30. The van der Waals surface area contributed by atoms with Gasteiger partial charge in [0, 0.05) is 17.8 Å². The molecule has 3 rings (SSSR count). The molecule has 0 saturated carbocycles. The van der Waals surface area contributed by atoms with Gasteiger partial charge in [0.25, 0.3) is 11.5 Å². The van der Waals surface area contributed by atoms with E-state index in [0.29, 0.717) is 15.9 Å². The molecule has 0 aliphatic heterocycles. The van der Waals surface area contributed by atoms with Gasteiger partial charge in [0.15, 0.2) is 11.4 Å². The Balaban J connectivity index is 1.95. The maximum Gasteiger partial charge on any atom is 0.435 e. The molecule has 7 nitrogen and oxygen atoms in total. The minimum absolute atomic E-state index is 0.204. The molecule has 152 valence electrons. The van der Waals surface area contributed by atoms with Crippen molar-refractivity contribution in [3.63, 3.8) is 0 Å². The predicted molar refractivity (Wildman–Crippen MR) is 94.0 cm³/mol. The monoisotopic (exact) mass is 409 g/mol. The standard InChI is InChI=1S/C18H15F4N5O2/c1-9-6-10(2)24-16(28)13(9)8-23-17(29)14-15(18(20,21)22)27(26-25-14)12-5-3-4-11(19)7-12/h3-7H,8H2,1-2H3,(H,23,29)(H,24,28). The van der Waals surface area contributed by atoms with E-state index in [9.17, 15) is 27.2 Å². The minimum Gasteiger partial charge on any atom is -0.346 e. The van der Waals surface area contributed by atoms with Crippen molar-refractivity contribution in [1.82, 2.24) is 25.3 Å². The third-order valence-electron chi connectivity index (χ3n) is 4.13. The summed E-state index contributed by atoms with van der Waals surface area (Å²) in [4.78, 5) is 26.9. The van der Waals surface area contributed by atoms with Crippen LogP contribution in [0, 0.1) is 19.7 Å². The lowest BCUT2D eigenvalue weighted by Crippen LogP contribution is -2.30. The molecule has 29 heavy (non-hydrogen) atoms. The van der Waals surface area contributed by atoms with Crippen LogP contribution in [0.4, 0.5) is 17.6 Å². The van der Waals surface area contributed by atoms with Crippen LogP contribution in [0.3, 0.4) is 0 Å². The van der Waals surface area contributed by atoms with E-state index in [0.717, 1.165) is 12.1 Å². The van der Waals surface area contributed by atoms with Gasteiger partial charge in [-0.05, 0) is 43.7 Å². The smallest absolute Gasteiger partial charge is 0.346 e. The van der Waals surface area contributed by atoms with Gasteiger partial charge in [-0.25, -0.2) is 9.07 Å². The lowest BCUT2D eigenvalue weighted by atomic mass is 10.1. The number of carbonyl (C=O) groups is 1. The highest BCUT2D eigenvalue weighted by Crippen LogP contribution is 2.32. The maximum atomic E-state index is 13.6. The number of hydrogen-bond acceptors (Lipinski definition) is 4. The molecule has 0 aliphatic rings. The summed E-state index contributed by atoms with van der Waals surface area (Å²) >= 11 is 0. The van der Waals surface area contributed by atoms with E-state index in [1.165, 1.54) is 12.1 Å². The average Bonchev–Trinajstić information content (AvgIpc) is 3.06. The highest BCUT2D eigenvalue weighted by atomic mass is 19.4.